The van der Waals surface area contributed by atoms with Gasteiger partial charge < -0.3 is 8.98 Å². The van der Waals surface area contributed by atoms with Crippen molar-refractivity contribution in [2.75, 3.05) is 5.88 Å². The van der Waals surface area contributed by atoms with Gasteiger partial charge in [-0.2, -0.15) is 0 Å². The first-order valence-electron chi connectivity index (χ1n) is 7.06. The van der Waals surface area contributed by atoms with Crippen molar-refractivity contribution in [2.45, 2.75) is 33.2 Å². The number of fused-ring (bicyclic) bond motifs is 1. The number of alkyl halides is 1. The molecule has 0 bridgehead atoms. The van der Waals surface area contributed by atoms with Crippen LogP contribution >= 0.6 is 11.6 Å². The van der Waals surface area contributed by atoms with Gasteiger partial charge in [-0.3, -0.25) is 0 Å². The molecular weight excluding hydrogens is 286 g/mol. The van der Waals surface area contributed by atoms with E-state index in [4.69, 9.17) is 16.0 Å². The smallest absolute Gasteiger partial charge is 0.160 e. The summed E-state index contributed by atoms with van der Waals surface area (Å²) in [7, 11) is 0. The van der Waals surface area contributed by atoms with Crippen molar-refractivity contribution in [3.63, 3.8) is 0 Å². The zero-order valence-corrected chi connectivity index (χ0v) is 13.2. The molecular formula is C16H18ClN3O. The maximum absolute atomic E-state index is 5.93. The van der Waals surface area contributed by atoms with Crippen LogP contribution in [0.25, 0.3) is 11.2 Å². The Balaban J connectivity index is 2.17. The lowest BCUT2D eigenvalue weighted by atomic mass is 10.1. The Morgan fingerprint density at radius 3 is 2.86 bits per heavy atom. The third kappa shape index (κ3) is 2.44. The number of halogens is 1. The minimum atomic E-state index is 0.112. The minimum absolute atomic E-state index is 0.112. The summed E-state index contributed by atoms with van der Waals surface area (Å²) in [4.78, 5) is 9.16. The fourth-order valence-electron chi connectivity index (χ4n) is 2.85. The van der Waals surface area contributed by atoms with E-state index in [1.807, 2.05) is 26.0 Å². The van der Waals surface area contributed by atoms with Crippen LogP contribution < -0.4 is 0 Å². The molecule has 0 saturated heterocycles. The first kappa shape index (κ1) is 14.1. The number of nitrogens with zero attached hydrogens (tertiary/aromatic N) is 3. The number of aryl methyl sites for hydroxylation is 3. The molecule has 4 nitrogen and oxygen atoms in total. The Kier molecular flexibility index (Phi) is 3.72. The van der Waals surface area contributed by atoms with Crippen molar-refractivity contribution in [3.8, 4) is 0 Å². The largest absolute Gasteiger partial charge is 0.466 e. The maximum atomic E-state index is 5.93. The third-order valence-corrected chi connectivity index (χ3v) is 3.95. The molecule has 21 heavy (non-hydrogen) atoms. The quantitative estimate of drug-likeness (QED) is 0.683. The zero-order chi connectivity index (χ0) is 15.0. The molecule has 0 radical (unpaired) electrons. The van der Waals surface area contributed by atoms with Gasteiger partial charge in [0, 0.05) is 24.1 Å². The standard InChI is InChI=1S/C16H18ClN3O/c1-10-9-13(12(3)21-10)11(2)20-15(6-7-17)19-14-5-4-8-18-16(14)20/h4-5,8-9,11H,6-7H2,1-3H3. The lowest BCUT2D eigenvalue weighted by molar-refractivity contribution is 0.493. The molecule has 0 aliphatic rings. The van der Waals surface area contributed by atoms with E-state index < -0.39 is 0 Å². The van der Waals surface area contributed by atoms with E-state index in [2.05, 4.69) is 27.5 Å². The van der Waals surface area contributed by atoms with Crippen molar-refractivity contribution in [1.82, 2.24) is 14.5 Å². The van der Waals surface area contributed by atoms with E-state index >= 15 is 0 Å². The normalized spacial score (nSPS) is 13.0. The molecule has 110 valence electrons. The molecule has 1 atom stereocenters. The lowest BCUT2D eigenvalue weighted by Crippen LogP contribution is -2.12. The number of hydrogen-bond acceptors (Lipinski definition) is 3. The summed E-state index contributed by atoms with van der Waals surface area (Å²) in [5, 5.41) is 0. The van der Waals surface area contributed by atoms with Crippen LogP contribution in [0.15, 0.2) is 28.8 Å². The molecule has 5 heteroatoms. The van der Waals surface area contributed by atoms with E-state index in [1.165, 1.54) is 0 Å². The second-order valence-electron chi connectivity index (χ2n) is 5.23. The highest BCUT2D eigenvalue weighted by Gasteiger charge is 2.20. The lowest BCUT2D eigenvalue weighted by Gasteiger charge is -2.16. The van der Waals surface area contributed by atoms with Gasteiger partial charge in [-0.25, -0.2) is 9.97 Å². The van der Waals surface area contributed by atoms with Gasteiger partial charge in [0.05, 0.1) is 6.04 Å². The number of imidazole rings is 1. The molecule has 3 aromatic heterocycles. The summed E-state index contributed by atoms with van der Waals surface area (Å²) in [6.07, 6.45) is 2.52. The Labute approximate surface area is 128 Å². The molecule has 3 aromatic rings. The molecule has 0 fully saturated rings. The van der Waals surface area contributed by atoms with Crippen molar-refractivity contribution < 1.29 is 4.42 Å². The van der Waals surface area contributed by atoms with E-state index in [-0.39, 0.29) is 6.04 Å². The molecule has 1 unspecified atom stereocenters. The number of aromatic nitrogens is 3. The van der Waals surface area contributed by atoms with Gasteiger partial charge in [0.1, 0.15) is 22.9 Å². The van der Waals surface area contributed by atoms with Gasteiger partial charge in [-0.1, -0.05) is 0 Å². The summed E-state index contributed by atoms with van der Waals surface area (Å²) < 4.78 is 7.83. The molecule has 0 aromatic carbocycles. The van der Waals surface area contributed by atoms with Crippen molar-refractivity contribution in [3.05, 3.63) is 47.3 Å². The number of rotatable bonds is 4. The van der Waals surface area contributed by atoms with Crippen LogP contribution in [0.3, 0.4) is 0 Å². The predicted molar refractivity (Wildman–Crippen MR) is 83.9 cm³/mol. The van der Waals surface area contributed by atoms with Gasteiger partial charge in [0.25, 0.3) is 0 Å². The monoisotopic (exact) mass is 303 g/mol. The molecule has 3 rings (SSSR count). The number of hydrogen-bond donors (Lipinski definition) is 0. The average Bonchev–Trinajstić information content (AvgIpc) is 2.98. The topological polar surface area (TPSA) is 43.9 Å². The van der Waals surface area contributed by atoms with Crippen LogP contribution in [0, 0.1) is 13.8 Å². The van der Waals surface area contributed by atoms with Crippen LogP contribution in [-0.2, 0) is 6.42 Å². The second-order valence-corrected chi connectivity index (χ2v) is 5.61. The van der Waals surface area contributed by atoms with Crippen molar-refractivity contribution >= 4 is 22.8 Å². The SMILES string of the molecule is Cc1cc(C(C)n2c(CCCl)nc3cccnc32)c(C)o1. The fourth-order valence-corrected chi connectivity index (χ4v) is 3.02. The fraction of sp³-hybridized carbons (Fsp3) is 0.375. The second kappa shape index (κ2) is 5.53. The van der Waals surface area contributed by atoms with E-state index in [1.54, 1.807) is 6.20 Å². The summed E-state index contributed by atoms with van der Waals surface area (Å²) >= 11 is 5.93. The van der Waals surface area contributed by atoms with Crippen molar-refractivity contribution in [2.24, 2.45) is 0 Å². The van der Waals surface area contributed by atoms with Gasteiger partial charge in [0.2, 0.25) is 0 Å². The third-order valence-electron chi connectivity index (χ3n) is 3.76. The number of pyridine rings is 1. The highest BCUT2D eigenvalue weighted by atomic mass is 35.5. The molecule has 0 amide bonds. The average molecular weight is 304 g/mol. The van der Waals surface area contributed by atoms with E-state index in [0.29, 0.717) is 5.88 Å². The Morgan fingerprint density at radius 2 is 2.19 bits per heavy atom. The number of furan rings is 1. The maximum Gasteiger partial charge on any atom is 0.160 e. The van der Waals surface area contributed by atoms with E-state index in [9.17, 15) is 0 Å². The highest BCUT2D eigenvalue weighted by Crippen LogP contribution is 2.29. The van der Waals surface area contributed by atoms with Gasteiger partial charge in [0.15, 0.2) is 5.65 Å². The van der Waals surface area contributed by atoms with Crippen LogP contribution in [-0.4, -0.2) is 20.4 Å². The van der Waals surface area contributed by atoms with Crippen LogP contribution in [0.1, 0.15) is 35.9 Å². The summed E-state index contributed by atoms with van der Waals surface area (Å²) in [6.45, 7) is 6.10. The highest BCUT2D eigenvalue weighted by molar-refractivity contribution is 6.17. The summed E-state index contributed by atoms with van der Waals surface area (Å²) in [6, 6.07) is 6.08. The van der Waals surface area contributed by atoms with Gasteiger partial charge in [-0.05, 0) is 39.0 Å². The van der Waals surface area contributed by atoms with Gasteiger partial charge >= 0.3 is 0 Å². The molecule has 0 aliphatic carbocycles. The zero-order valence-electron chi connectivity index (χ0n) is 12.4. The first-order valence-corrected chi connectivity index (χ1v) is 7.60. The van der Waals surface area contributed by atoms with Gasteiger partial charge in [-0.15, -0.1) is 11.6 Å². The molecule has 0 saturated carbocycles. The minimum Gasteiger partial charge on any atom is -0.466 e. The Morgan fingerprint density at radius 1 is 1.38 bits per heavy atom. The Bertz CT molecular complexity index is 775. The van der Waals surface area contributed by atoms with Crippen LogP contribution in [0.5, 0.6) is 0 Å². The molecule has 0 spiro atoms. The van der Waals surface area contributed by atoms with Crippen LogP contribution in [0.2, 0.25) is 0 Å². The van der Waals surface area contributed by atoms with Crippen LogP contribution in [0.4, 0.5) is 0 Å². The summed E-state index contributed by atoms with van der Waals surface area (Å²) in [5.74, 6) is 3.36. The molecule has 0 N–H and O–H groups in total. The van der Waals surface area contributed by atoms with Crippen molar-refractivity contribution in [1.29, 1.82) is 0 Å². The Hall–Kier alpha value is -1.81. The van der Waals surface area contributed by atoms with E-state index in [0.717, 1.165) is 40.5 Å². The first-order chi connectivity index (χ1) is 10.1. The summed E-state index contributed by atoms with van der Waals surface area (Å²) in [5.41, 5.74) is 2.96. The predicted octanol–water partition coefficient (Wildman–Crippen LogP) is 4.03. The molecule has 0 aliphatic heterocycles. The molecule has 3 heterocycles.